The van der Waals surface area contributed by atoms with Crippen LogP contribution in [0.1, 0.15) is 44.9 Å². The molecule has 4 aliphatic rings. The molecule has 5 rings (SSSR count). The van der Waals surface area contributed by atoms with Gasteiger partial charge in [-0.05, 0) is 74.5 Å². The molecular weight excluding hydrogens is 366 g/mol. The summed E-state index contributed by atoms with van der Waals surface area (Å²) in [5.74, 6) is 1.10. The molecule has 4 aliphatic carbocycles. The number of amides is 1. The maximum absolute atomic E-state index is 13.9. The molecule has 4 fully saturated rings. The maximum atomic E-state index is 13.9. The molecule has 3 nitrogen and oxygen atoms in total. The lowest BCUT2D eigenvalue weighted by Crippen LogP contribution is -2.62. The van der Waals surface area contributed by atoms with E-state index in [1.165, 1.54) is 19.3 Å². The van der Waals surface area contributed by atoms with Gasteiger partial charge in [0.05, 0.1) is 18.2 Å². The van der Waals surface area contributed by atoms with Gasteiger partial charge in [0.25, 0.3) is 0 Å². The van der Waals surface area contributed by atoms with Gasteiger partial charge in [0.1, 0.15) is 11.6 Å². The van der Waals surface area contributed by atoms with Gasteiger partial charge >= 0.3 is 0 Å². The lowest BCUT2D eigenvalue weighted by Gasteiger charge is -2.60. The molecule has 0 atom stereocenters. The third kappa shape index (κ3) is 3.71. The number of thioether (sulfide) groups is 1. The molecule has 1 aromatic rings. The highest BCUT2D eigenvalue weighted by molar-refractivity contribution is 8.00. The number of benzene rings is 1. The summed E-state index contributed by atoms with van der Waals surface area (Å²) in [6, 6.07) is 5.47. The number of carbonyl (C=O) groups excluding carboxylic acids is 1. The monoisotopic (exact) mass is 390 g/mol. The van der Waals surface area contributed by atoms with Crippen molar-refractivity contribution >= 4 is 17.7 Å². The van der Waals surface area contributed by atoms with E-state index in [1.54, 1.807) is 0 Å². The standard InChI is InChI=1S/C21H24F2N2OS/c22-17-2-3-18(23)19(9-17)27-13-20(26)25(5-1-4-24)21-10-14-6-15(11-21)8-16(7-14)12-21/h2-3,9,14-16H,1,5-8,10-13H2. The minimum Gasteiger partial charge on any atom is -0.335 e. The fourth-order valence-electron chi connectivity index (χ4n) is 5.99. The van der Waals surface area contributed by atoms with Crippen LogP contribution in [-0.2, 0) is 4.79 Å². The Hall–Kier alpha value is -1.61. The van der Waals surface area contributed by atoms with Crippen LogP contribution in [0.15, 0.2) is 23.1 Å². The van der Waals surface area contributed by atoms with Crippen molar-refractivity contribution in [3.63, 3.8) is 0 Å². The predicted octanol–water partition coefficient (Wildman–Crippen LogP) is 4.77. The second-order valence-corrected chi connectivity index (χ2v) is 9.48. The fraction of sp³-hybridized carbons (Fsp3) is 0.619. The summed E-state index contributed by atoms with van der Waals surface area (Å²) in [4.78, 5) is 15.2. The number of halogens is 2. The first-order chi connectivity index (χ1) is 13.0. The van der Waals surface area contributed by atoms with E-state index in [0.29, 0.717) is 30.7 Å². The van der Waals surface area contributed by atoms with Gasteiger partial charge in [-0.2, -0.15) is 5.26 Å². The Bertz CT molecular complexity index is 741. The van der Waals surface area contributed by atoms with Gasteiger partial charge in [-0.25, -0.2) is 8.78 Å². The van der Waals surface area contributed by atoms with Crippen molar-refractivity contribution in [2.75, 3.05) is 12.3 Å². The van der Waals surface area contributed by atoms with Crippen molar-refractivity contribution in [1.82, 2.24) is 4.90 Å². The molecule has 1 aromatic carbocycles. The summed E-state index contributed by atoms with van der Waals surface area (Å²) in [5, 5.41) is 9.07. The highest BCUT2D eigenvalue weighted by Gasteiger charge is 2.54. The number of hydrogen-bond acceptors (Lipinski definition) is 3. The second-order valence-electron chi connectivity index (χ2n) is 8.46. The summed E-state index contributed by atoms with van der Waals surface area (Å²) in [6.07, 6.45) is 7.26. The average Bonchev–Trinajstić information content (AvgIpc) is 2.61. The molecule has 144 valence electrons. The van der Waals surface area contributed by atoms with E-state index in [4.69, 9.17) is 5.26 Å². The van der Waals surface area contributed by atoms with Crippen LogP contribution in [0.2, 0.25) is 0 Å². The second kappa shape index (κ2) is 7.43. The molecule has 0 saturated heterocycles. The molecule has 0 aromatic heterocycles. The minimum atomic E-state index is -0.507. The van der Waals surface area contributed by atoms with Crippen LogP contribution >= 0.6 is 11.8 Å². The van der Waals surface area contributed by atoms with Crippen LogP contribution in [0.3, 0.4) is 0 Å². The van der Waals surface area contributed by atoms with E-state index in [1.807, 2.05) is 4.90 Å². The van der Waals surface area contributed by atoms with Crippen LogP contribution in [0.5, 0.6) is 0 Å². The highest BCUT2D eigenvalue weighted by Crippen LogP contribution is 2.57. The van der Waals surface area contributed by atoms with Crippen molar-refractivity contribution < 1.29 is 13.6 Å². The van der Waals surface area contributed by atoms with Crippen LogP contribution in [0, 0.1) is 40.7 Å². The first kappa shape index (κ1) is 18.7. The maximum Gasteiger partial charge on any atom is 0.233 e. The van der Waals surface area contributed by atoms with Crippen LogP contribution < -0.4 is 0 Å². The van der Waals surface area contributed by atoms with Crippen molar-refractivity contribution in [3.8, 4) is 6.07 Å². The van der Waals surface area contributed by atoms with Crippen LogP contribution in [0.25, 0.3) is 0 Å². The fourth-order valence-corrected chi connectivity index (χ4v) is 6.83. The smallest absolute Gasteiger partial charge is 0.233 e. The summed E-state index contributed by atoms with van der Waals surface area (Å²) >= 11 is 1.05. The molecular formula is C21H24F2N2OS. The third-order valence-corrected chi connectivity index (χ3v) is 7.59. The van der Waals surface area contributed by atoms with Crippen LogP contribution in [0.4, 0.5) is 8.78 Å². The van der Waals surface area contributed by atoms with Gasteiger partial charge in [0.15, 0.2) is 0 Å². The summed E-state index contributed by atoms with van der Waals surface area (Å²) in [7, 11) is 0. The molecule has 0 unspecified atom stereocenters. The van der Waals surface area contributed by atoms with E-state index < -0.39 is 11.6 Å². The average molecular weight is 390 g/mol. The van der Waals surface area contributed by atoms with E-state index in [9.17, 15) is 13.6 Å². The zero-order chi connectivity index (χ0) is 19.0. The SMILES string of the molecule is N#CCCN(C(=O)CSc1cc(F)ccc1F)C12CC3CC(CC(C3)C1)C2. The Morgan fingerprint density at radius 2 is 1.81 bits per heavy atom. The Morgan fingerprint density at radius 1 is 1.19 bits per heavy atom. The topological polar surface area (TPSA) is 44.1 Å². The highest BCUT2D eigenvalue weighted by atomic mass is 32.2. The van der Waals surface area contributed by atoms with Crippen molar-refractivity contribution in [2.24, 2.45) is 17.8 Å². The van der Waals surface area contributed by atoms with Crippen molar-refractivity contribution in [1.29, 1.82) is 5.26 Å². The van der Waals surface area contributed by atoms with Gasteiger partial charge in [0.2, 0.25) is 5.91 Å². The van der Waals surface area contributed by atoms with E-state index in [2.05, 4.69) is 6.07 Å². The van der Waals surface area contributed by atoms with Gasteiger partial charge in [-0.1, -0.05) is 0 Å². The molecule has 0 aliphatic heterocycles. The lowest BCUT2D eigenvalue weighted by atomic mass is 9.52. The number of nitrogens with zero attached hydrogens (tertiary/aromatic N) is 2. The van der Waals surface area contributed by atoms with Gasteiger partial charge in [0, 0.05) is 17.0 Å². The van der Waals surface area contributed by atoms with Crippen molar-refractivity contribution in [2.45, 2.75) is 55.4 Å². The molecule has 0 N–H and O–H groups in total. The number of hydrogen-bond donors (Lipinski definition) is 0. The van der Waals surface area contributed by atoms with Gasteiger partial charge < -0.3 is 4.90 Å². The normalized spacial score (nSPS) is 30.9. The zero-order valence-corrected chi connectivity index (χ0v) is 16.1. The first-order valence-corrected chi connectivity index (χ1v) is 10.7. The molecule has 0 radical (unpaired) electrons. The number of rotatable bonds is 6. The summed E-state index contributed by atoms with van der Waals surface area (Å²) in [6.45, 7) is 0.438. The molecule has 0 heterocycles. The Balaban J connectivity index is 1.51. The van der Waals surface area contributed by atoms with E-state index in [-0.39, 0.29) is 22.1 Å². The Labute approximate surface area is 163 Å². The largest absolute Gasteiger partial charge is 0.335 e. The van der Waals surface area contributed by atoms with Crippen LogP contribution in [-0.4, -0.2) is 28.6 Å². The molecule has 0 spiro atoms. The summed E-state index contributed by atoms with van der Waals surface area (Å²) in [5.41, 5.74) is -0.121. The minimum absolute atomic E-state index is 0.0548. The zero-order valence-electron chi connectivity index (χ0n) is 15.3. The summed E-state index contributed by atoms with van der Waals surface area (Å²) < 4.78 is 27.3. The third-order valence-electron chi connectivity index (χ3n) is 6.57. The van der Waals surface area contributed by atoms with Gasteiger partial charge in [-0.3, -0.25) is 4.79 Å². The van der Waals surface area contributed by atoms with E-state index >= 15 is 0 Å². The van der Waals surface area contributed by atoms with E-state index in [0.717, 1.165) is 49.2 Å². The number of nitriles is 1. The molecule has 4 saturated carbocycles. The Kier molecular flexibility index (Phi) is 5.15. The predicted molar refractivity (Wildman–Crippen MR) is 99.9 cm³/mol. The van der Waals surface area contributed by atoms with Gasteiger partial charge in [-0.15, -0.1) is 11.8 Å². The molecule has 6 heteroatoms. The molecule has 4 bridgehead atoms. The number of carbonyl (C=O) groups is 1. The molecule has 27 heavy (non-hydrogen) atoms. The first-order valence-electron chi connectivity index (χ1n) is 9.74. The molecule has 1 amide bonds. The Morgan fingerprint density at radius 3 is 2.41 bits per heavy atom. The quantitative estimate of drug-likeness (QED) is 0.658. The lowest BCUT2D eigenvalue weighted by molar-refractivity contribution is -0.147. The van der Waals surface area contributed by atoms with Crippen molar-refractivity contribution in [3.05, 3.63) is 29.8 Å².